The highest BCUT2D eigenvalue weighted by atomic mass is 16.5. The van der Waals surface area contributed by atoms with E-state index in [2.05, 4.69) is 44.3 Å². The second-order valence-electron chi connectivity index (χ2n) is 7.83. The minimum atomic E-state index is 0.795. The van der Waals surface area contributed by atoms with Crippen molar-refractivity contribution in [2.24, 2.45) is 0 Å². The lowest BCUT2D eigenvalue weighted by Gasteiger charge is -2.15. The van der Waals surface area contributed by atoms with Crippen LogP contribution in [-0.4, -0.2) is 19.8 Å². The van der Waals surface area contributed by atoms with E-state index < -0.39 is 0 Å². The fourth-order valence-corrected chi connectivity index (χ4v) is 3.23. The standard InChI is InChI=1S/C25H45NO2/c1-4-7-10-13-18-26-22-23-16-17-24(27-19-14-11-8-5-2)21-25(23)28-20-15-12-9-6-3/h16-17,21,26H,4-15,18-20,22H2,1-3H3. The summed E-state index contributed by atoms with van der Waals surface area (Å²) < 4.78 is 12.1. The Balaban J connectivity index is 2.50. The lowest BCUT2D eigenvalue weighted by Crippen LogP contribution is -2.15. The zero-order valence-corrected chi connectivity index (χ0v) is 18.9. The fourth-order valence-electron chi connectivity index (χ4n) is 3.23. The summed E-state index contributed by atoms with van der Waals surface area (Å²) in [4.78, 5) is 0. The van der Waals surface area contributed by atoms with Crippen LogP contribution in [0.1, 0.15) is 103 Å². The maximum absolute atomic E-state index is 6.14. The van der Waals surface area contributed by atoms with Gasteiger partial charge in [0.15, 0.2) is 0 Å². The average molecular weight is 392 g/mol. The van der Waals surface area contributed by atoms with E-state index in [1.165, 1.54) is 69.8 Å². The Morgan fingerprint density at radius 1 is 0.679 bits per heavy atom. The molecule has 1 rings (SSSR count). The molecule has 0 aliphatic rings. The van der Waals surface area contributed by atoms with Crippen LogP contribution in [-0.2, 0) is 6.54 Å². The van der Waals surface area contributed by atoms with E-state index in [9.17, 15) is 0 Å². The van der Waals surface area contributed by atoms with Crippen LogP contribution in [0.4, 0.5) is 0 Å². The molecule has 1 aromatic rings. The predicted octanol–water partition coefficient (Wildman–Crippen LogP) is 7.27. The molecule has 0 radical (unpaired) electrons. The first-order chi connectivity index (χ1) is 13.8. The maximum atomic E-state index is 6.14. The van der Waals surface area contributed by atoms with Crippen molar-refractivity contribution < 1.29 is 9.47 Å². The summed E-state index contributed by atoms with van der Waals surface area (Å²) in [6, 6.07) is 6.35. The molecule has 0 heterocycles. The smallest absolute Gasteiger partial charge is 0.127 e. The molecule has 0 aromatic heterocycles. The zero-order chi connectivity index (χ0) is 20.3. The molecule has 1 aromatic carbocycles. The molecule has 0 amide bonds. The third-order valence-corrected chi connectivity index (χ3v) is 5.08. The average Bonchev–Trinajstić information content (AvgIpc) is 2.71. The molecule has 0 aliphatic heterocycles. The van der Waals surface area contributed by atoms with Crippen LogP contribution >= 0.6 is 0 Å². The number of benzene rings is 1. The van der Waals surface area contributed by atoms with Gasteiger partial charge in [-0.3, -0.25) is 0 Å². The zero-order valence-electron chi connectivity index (χ0n) is 18.9. The van der Waals surface area contributed by atoms with Crippen LogP contribution < -0.4 is 14.8 Å². The molecule has 0 unspecified atom stereocenters. The third-order valence-electron chi connectivity index (χ3n) is 5.08. The summed E-state index contributed by atoms with van der Waals surface area (Å²) in [5.74, 6) is 1.93. The summed E-state index contributed by atoms with van der Waals surface area (Å²) in [6.07, 6.45) is 15.0. The Morgan fingerprint density at radius 2 is 1.29 bits per heavy atom. The van der Waals surface area contributed by atoms with Gasteiger partial charge in [-0.1, -0.05) is 84.6 Å². The van der Waals surface area contributed by atoms with Gasteiger partial charge < -0.3 is 14.8 Å². The van der Waals surface area contributed by atoms with Gasteiger partial charge in [0.25, 0.3) is 0 Å². The molecular weight excluding hydrogens is 346 g/mol. The topological polar surface area (TPSA) is 30.5 Å². The number of rotatable bonds is 19. The number of hydrogen-bond acceptors (Lipinski definition) is 3. The highest BCUT2D eigenvalue weighted by molar-refractivity contribution is 5.40. The second-order valence-corrected chi connectivity index (χ2v) is 7.83. The molecule has 162 valence electrons. The second kappa shape index (κ2) is 17.8. The fraction of sp³-hybridized carbons (Fsp3) is 0.760. The van der Waals surface area contributed by atoms with Crippen molar-refractivity contribution in [3.8, 4) is 11.5 Å². The van der Waals surface area contributed by atoms with Crippen molar-refractivity contribution in [1.29, 1.82) is 0 Å². The molecular formula is C25H45NO2. The molecule has 1 N–H and O–H groups in total. The van der Waals surface area contributed by atoms with E-state index >= 15 is 0 Å². The third kappa shape index (κ3) is 12.3. The number of hydrogen-bond donors (Lipinski definition) is 1. The van der Waals surface area contributed by atoms with Gasteiger partial charge in [-0.25, -0.2) is 0 Å². The first-order valence-corrected chi connectivity index (χ1v) is 11.9. The molecule has 3 nitrogen and oxygen atoms in total. The molecule has 0 saturated heterocycles. The molecule has 0 bridgehead atoms. The van der Waals surface area contributed by atoms with Crippen LogP contribution in [0.5, 0.6) is 11.5 Å². The number of unbranched alkanes of at least 4 members (excludes halogenated alkanes) is 9. The SMILES string of the molecule is CCCCCCNCc1ccc(OCCCCCC)cc1OCCCCCC. The normalized spacial score (nSPS) is 11.0. The minimum absolute atomic E-state index is 0.795. The van der Waals surface area contributed by atoms with Gasteiger partial charge in [0.1, 0.15) is 11.5 Å². The number of ether oxygens (including phenoxy) is 2. The monoisotopic (exact) mass is 391 g/mol. The summed E-state index contributed by atoms with van der Waals surface area (Å²) in [5.41, 5.74) is 1.24. The number of nitrogens with one attached hydrogen (secondary N) is 1. The van der Waals surface area contributed by atoms with Gasteiger partial charge in [0.05, 0.1) is 13.2 Å². The minimum Gasteiger partial charge on any atom is -0.493 e. The summed E-state index contributed by atoms with van der Waals surface area (Å²) in [5, 5.41) is 3.58. The molecule has 0 fully saturated rings. The van der Waals surface area contributed by atoms with Gasteiger partial charge in [0.2, 0.25) is 0 Å². The van der Waals surface area contributed by atoms with Crippen LogP contribution in [0.15, 0.2) is 18.2 Å². The molecule has 3 heteroatoms. The van der Waals surface area contributed by atoms with E-state index in [0.29, 0.717) is 0 Å². The predicted molar refractivity (Wildman–Crippen MR) is 122 cm³/mol. The van der Waals surface area contributed by atoms with Crippen LogP contribution in [0.25, 0.3) is 0 Å². The Kier molecular flexibility index (Phi) is 15.8. The van der Waals surface area contributed by atoms with Gasteiger partial charge in [0, 0.05) is 18.2 Å². The van der Waals surface area contributed by atoms with Gasteiger partial charge in [-0.05, 0) is 31.9 Å². The van der Waals surface area contributed by atoms with E-state index in [4.69, 9.17) is 9.47 Å². The Hall–Kier alpha value is -1.22. The van der Waals surface area contributed by atoms with Crippen molar-refractivity contribution in [3.63, 3.8) is 0 Å². The van der Waals surface area contributed by atoms with Crippen molar-refractivity contribution in [3.05, 3.63) is 23.8 Å². The van der Waals surface area contributed by atoms with Crippen LogP contribution in [0.2, 0.25) is 0 Å². The largest absolute Gasteiger partial charge is 0.493 e. The van der Waals surface area contributed by atoms with Crippen LogP contribution in [0, 0.1) is 0 Å². The molecule has 28 heavy (non-hydrogen) atoms. The maximum Gasteiger partial charge on any atom is 0.127 e. The van der Waals surface area contributed by atoms with Gasteiger partial charge in [-0.2, -0.15) is 0 Å². The highest BCUT2D eigenvalue weighted by Gasteiger charge is 2.07. The quantitative estimate of drug-likeness (QED) is 0.251. The Morgan fingerprint density at radius 3 is 1.93 bits per heavy atom. The van der Waals surface area contributed by atoms with E-state index in [0.717, 1.165) is 50.6 Å². The van der Waals surface area contributed by atoms with Gasteiger partial charge in [-0.15, -0.1) is 0 Å². The lowest BCUT2D eigenvalue weighted by atomic mass is 10.1. The van der Waals surface area contributed by atoms with Crippen molar-refractivity contribution in [1.82, 2.24) is 5.32 Å². The molecule has 0 spiro atoms. The van der Waals surface area contributed by atoms with Crippen molar-refractivity contribution >= 4 is 0 Å². The van der Waals surface area contributed by atoms with E-state index in [-0.39, 0.29) is 0 Å². The van der Waals surface area contributed by atoms with Crippen molar-refractivity contribution in [2.75, 3.05) is 19.8 Å². The Labute approximate surface area is 174 Å². The summed E-state index contributed by atoms with van der Waals surface area (Å²) in [7, 11) is 0. The molecule has 0 atom stereocenters. The van der Waals surface area contributed by atoms with E-state index in [1.54, 1.807) is 0 Å². The Bertz CT molecular complexity index is 476. The highest BCUT2D eigenvalue weighted by Crippen LogP contribution is 2.26. The van der Waals surface area contributed by atoms with E-state index in [1.807, 2.05) is 0 Å². The molecule has 0 saturated carbocycles. The van der Waals surface area contributed by atoms with Crippen molar-refractivity contribution in [2.45, 2.75) is 104 Å². The van der Waals surface area contributed by atoms with Gasteiger partial charge >= 0.3 is 0 Å². The summed E-state index contributed by atoms with van der Waals surface area (Å²) in [6.45, 7) is 10.3. The first kappa shape index (κ1) is 24.8. The molecule has 0 aliphatic carbocycles. The summed E-state index contributed by atoms with van der Waals surface area (Å²) >= 11 is 0. The first-order valence-electron chi connectivity index (χ1n) is 11.9. The lowest BCUT2D eigenvalue weighted by molar-refractivity contribution is 0.288. The van der Waals surface area contributed by atoms with Crippen LogP contribution in [0.3, 0.4) is 0 Å².